The zero-order valence-electron chi connectivity index (χ0n) is 12.7. The second kappa shape index (κ2) is 7.26. The molecule has 0 aromatic rings. The van der Waals surface area contributed by atoms with E-state index in [9.17, 15) is 0 Å². The van der Waals surface area contributed by atoms with Crippen molar-refractivity contribution < 1.29 is 4.74 Å². The first kappa shape index (κ1) is 15.5. The third-order valence-corrected chi connectivity index (χ3v) is 7.41. The van der Waals surface area contributed by atoms with E-state index in [-0.39, 0.29) is 5.60 Å². The number of ether oxygens (including phenoxy) is 1. The molecule has 0 aromatic heterocycles. The van der Waals surface area contributed by atoms with Gasteiger partial charge in [-0.1, -0.05) is 6.42 Å². The summed E-state index contributed by atoms with van der Waals surface area (Å²) >= 11 is 4.17. The Bertz CT molecular complexity index is 301. The molecular weight excluding hydrogens is 286 g/mol. The Balaban J connectivity index is 1.52. The maximum absolute atomic E-state index is 6.21. The van der Waals surface area contributed by atoms with Gasteiger partial charge < -0.3 is 10.1 Å². The molecule has 2 heterocycles. The highest BCUT2D eigenvalue weighted by Crippen LogP contribution is 2.38. The van der Waals surface area contributed by atoms with Crippen molar-refractivity contribution in [3.63, 3.8) is 0 Å². The monoisotopic (exact) mass is 315 g/mol. The van der Waals surface area contributed by atoms with Crippen LogP contribution in [0.2, 0.25) is 0 Å². The summed E-state index contributed by atoms with van der Waals surface area (Å²) in [6, 6.07) is 1.47. The minimum atomic E-state index is 0.231. The van der Waals surface area contributed by atoms with Gasteiger partial charge in [0.25, 0.3) is 0 Å². The zero-order chi connectivity index (χ0) is 13.8. The third kappa shape index (κ3) is 3.88. The summed E-state index contributed by atoms with van der Waals surface area (Å²) in [6.45, 7) is 0.973. The number of nitrogens with one attached hydrogen (secondary N) is 1. The van der Waals surface area contributed by atoms with Crippen LogP contribution in [-0.4, -0.2) is 47.3 Å². The first-order valence-electron chi connectivity index (χ1n) is 8.30. The minimum absolute atomic E-state index is 0.231. The Morgan fingerprint density at radius 1 is 1.15 bits per heavy atom. The number of hydrogen-bond acceptors (Lipinski definition) is 4. The van der Waals surface area contributed by atoms with Crippen molar-refractivity contribution in [2.24, 2.45) is 0 Å². The highest BCUT2D eigenvalue weighted by atomic mass is 32.2. The molecule has 3 unspecified atom stereocenters. The molecule has 1 N–H and O–H groups in total. The summed E-state index contributed by atoms with van der Waals surface area (Å²) in [7, 11) is 0. The van der Waals surface area contributed by atoms with Gasteiger partial charge in [0.1, 0.15) is 0 Å². The summed E-state index contributed by atoms with van der Waals surface area (Å²) in [5, 5.41) is 4.88. The van der Waals surface area contributed by atoms with Gasteiger partial charge in [0.15, 0.2) is 0 Å². The number of thioether (sulfide) groups is 2. The summed E-state index contributed by atoms with van der Waals surface area (Å²) in [5.74, 6) is 2.59. The van der Waals surface area contributed by atoms with E-state index in [0.29, 0.717) is 6.04 Å². The molecule has 3 aliphatic rings. The maximum Gasteiger partial charge on any atom is 0.0713 e. The maximum atomic E-state index is 6.21. The topological polar surface area (TPSA) is 21.3 Å². The molecule has 4 heteroatoms. The van der Waals surface area contributed by atoms with Crippen LogP contribution in [0.5, 0.6) is 0 Å². The van der Waals surface area contributed by atoms with Gasteiger partial charge in [-0.15, -0.1) is 0 Å². The fourth-order valence-corrected chi connectivity index (χ4v) is 6.17. The van der Waals surface area contributed by atoms with E-state index < -0.39 is 0 Å². The first-order chi connectivity index (χ1) is 9.80. The lowest BCUT2D eigenvalue weighted by atomic mass is 9.84. The molecule has 1 spiro atoms. The third-order valence-electron chi connectivity index (χ3n) is 5.33. The van der Waals surface area contributed by atoms with Crippen LogP contribution in [-0.2, 0) is 4.74 Å². The summed E-state index contributed by atoms with van der Waals surface area (Å²) in [5.41, 5.74) is 0.231. The van der Waals surface area contributed by atoms with Crippen molar-refractivity contribution in [2.45, 2.75) is 74.3 Å². The molecule has 3 atom stereocenters. The van der Waals surface area contributed by atoms with Crippen LogP contribution >= 0.6 is 23.5 Å². The SMILES string of the molecule is CSC1CCCC(NC2CCOC3(CCSCC3)C2)C1. The standard InChI is InChI=1S/C16H29NOS2/c1-19-15-4-2-3-13(11-15)17-14-5-8-18-16(12-14)6-9-20-10-7-16/h13-15,17H,2-12H2,1H3. The van der Waals surface area contributed by atoms with Crippen LogP contribution in [0.25, 0.3) is 0 Å². The van der Waals surface area contributed by atoms with Gasteiger partial charge in [0.2, 0.25) is 0 Å². The summed E-state index contributed by atoms with van der Waals surface area (Å²) in [4.78, 5) is 0. The molecule has 0 radical (unpaired) electrons. The second-order valence-electron chi connectivity index (χ2n) is 6.72. The van der Waals surface area contributed by atoms with Crippen LogP contribution in [0.3, 0.4) is 0 Å². The Morgan fingerprint density at radius 2 is 2.00 bits per heavy atom. The van der Waals surface area contributed by atoms with Gasteiger partial charge in [-0.05, 0) is 62.7 Å². The molecule has 116 valence electrons. The molecule has 20 heavy (non-hydrogen) atoms. The number of rotatable bonds is 3. The Labute approximate surface area is 132 Å². The molecule has 3 fully saturated rings. The fourth-order valence-electron chi connectivity index (χ4n) is 4.11. The van der Waals surface area contributed by atoms with Crippen LogP contribution in [0, 0.1) is 0 Å². The number of hydrogen-bond donors (Lipinski definition) is 1. The van der Waals surface area contributed by atoms with E-state index in [1.165, 1.54) is 62.9 Å². The molecule has 2 saturated heterocycles. The lowest BCUT2D eigenvalue weighted by molar-refractivity contribution is -0.0945. The molecule has 1 saturated carbocycles. The Morgan fingerprint density at radius 3 is 2.80 bits per heavy atom. The van der Waals surface area contributed by atoms with Crippen LogP contribution in [0.1, 0.15) is 51.4 Å². The molecule has 3 rings (SSSR count). The Kier molecular flexibility index (Phi) is 5.63. The van der Waals surface area contributed by atoms with E-state index in [1.54, 1.807) is 0 Å². The lowest BCUT2D eigenvalue weighted by Crippen LogP contribution is -2.51. The van der Waals surface area contributed by atoms with E-state index in [1.807, 2.05) is 0 Å². The van der Waals surface area contributed by atoms with E-state index in [0.717, 1.165) is 17.9 Å². The lowest BCUT2D eigenvalue weighted by Gasteiger charge is -2.45. The van der Waals surface area contributed by atoms with Crippen molar-refractivity contribution >= 4 is 23.5 Å². The normalized spacial score (nSPS) is 38.0. The van der Waals surface area contributed by atoms with E-state index in [4.69, 9.17) is 4.74 Å². The molecule has 2 nitrogen and oxygen atoms in total. The first-order valence-corrected chi connectivity index (χ1v) is 10.7. The smallest absolute Gasteiger partial charge is 0.0713 e. The summed E-state index contributed by atoms with van der Waals surface area (Å²) < 4.78 is 6.21. The van der Waals surface area contributed by atoms with Gasteiger partial charge in [-0.2, -0.15) is 23.5 Å². The van der Waals surface area contributed by atoms with E-state index in [2.05, 4.69) is 35.1 Å². The predicted molar refractivity (Wildman–Crippen MR) is 91.0 cm³/mol. The van der Waals surface area contributed by atoms with Crippen molar-refractivity contribution in [2.75, 3.05) is 24.4 Å². The quantitative estimate of drug-likeness (QED) is 0.857. The molecule has 0 amide bonds. The largest absolute Gasteiger partial charge is 0.375 e. The molecule has 2 aliphatic heterocycles. The van der Waals surface area contributed by atoms with Gasteiger partial charge in [0.05, 0.1) is 5.60 Å². The zero-order valence-corrected chi connectivity index (χ0v) is 14.4. The highest BCUT2D eigenvalue weighted by Gasteiger charge is 2.39. The van der Waals surface area contributed by atoms with E-state index >= 15 is 0 Å². The van der Waals surface area contributed by atoms with Crippen molar-refractivity contribution in [3.05, 3.63) is 0 Å². The van der Waals surface area contributed by atoms with Gasteiger partial charge in [0, 0.05) is 23.9 Å². The van der Waals surface area contributed by atoms with Crippen molar-refractivity contribution in [1.82, 2.24) is 5.32 Å². The molecular formula is C16H29NOS2. The van der Waals surface area contributed by atoms with Crippen molar-refractivity contribution in [1.29, 1.82) is 0 Å². The molecule has 1 aliphatic carbocycles. The van der Waals surface area contributed by atoms with Crippen LogP contribution < -0.4 is 5.32 Å². The van der Waals surface area contributed by atoms with Crippen LogP contribution in [0.15, 0.2) is 0 Å². The molecule has 0 aromatic carbocycles. The van der Waals surface area contributed by atoms with Crippen LogP contribution in [0.4, 0.5) is 0 Å². The average molecular weight is 316 g/mol. The van der Waals surface area contributed by atoms with Crippen molar-refractivity contribution in [3.8, 4) is 0 Å². The van der Waals surface area contributed by atoms with Gasteiger partial charge >= 0.3 is 0 Å². The predicted octanol–water partition coefficient (Wildman–Crippen LogP) is 3.70. The minimum Gasteiger partial charge on any atom is -0.375 e. The highest BCUT2D eigenvalue weighted by molar-refractivity contribution is 7.99. The van der Waals surface area contributed by atoms with Gasteiger partial charge in [-0.25, -0.2) is 0 Å². The fraction of sp³-hybridized carbons (Fsp3) is 1.00. The second-order valence-corrected chi connectivity index (χ2v) is 9.08. The summed E-state index contributed by atoms with van der Waals surface area (Å²) in [6.07, 6.45) is 12.9. The molecule has 0 bridgehead atoms. The van der Waals surface area contributed by atoms with Gasteiger partial charge in [-0.3, -0.25) is 0 Å². The average Bonchev–Trinajstić information content (AvgIpc) is 2.48. The Hall–Kier alpha value is 0.620.